The number of thioether (sulfide) groups is 1. The van der Waals surface area contributed by atoms with Crippen molar-refractivity contribution in [2.45, 2.75) is 37.2 Å². The molecule has 1 amide bonds. The van der Waals surface area contributed by atoms with E-state index in [4.69, 9.17) is 9.15 Å². The predicted molar refractivity (Wildman–Crippen MR) is 129 cm³/mol. The Labute approximate surface area is 197 Å². The number of nitrogens with one attached hydrogen (secondary N) is 1. The van der Waals surface area contributed by atoms with E-state index in [0.29, 0.717) is 33.8 Å². The number of carbonyl (C=O) groups is 1. The largest absolute Gasteiger partial charge is 0.495 e. The monoisotopic (exact) mass is 462 g/mol. The molecule has 0 unspecified atom stereocenters. The van der Waals surface area contributed by atoms with Gasteiger partial charge in [-0.25, -0.2) is 0 Å². The maximum absolute atomic E-state index is 12.3. The number of para-hydroxylation sites is 2. The van der Waals surface area contributed by atoms with Crippen molar-refractivity contribution in [2.24, 2.45) is 0 Å². The number of furan rings is 1. The van der Waals surface area contributed by atoms with Crippen LogP contribution in [0.25, 0.3) is 17.3 Å². The van der Waals surface area contributed by atoms with Crippen molar-refractivity contribution in [3.05, 3.63) is 78.1 Å². The van der Waals surface area contributed by atoms with Gasteiger partial charge >= 0.3 is 0 Å². The highest BCUT2D eigenvalue weighted by Crippen LogP contribution is 2.33. The molecule has 0 bridgehead atoms. The predicted octanol–water partition coefficient (Wildman–Crippen LogP) is 5.36. The summed E-state index contributed by atoms with van der Waals surface area (Å²) in [4.78, 5) is 12.3. The molecule has 0 saturated carbocycles. The molecular weight excluding hydrogens is 436 g/mol. The van der Waals surface area contributed by atoms with Crippen molar-refractivity contribution in [1.29, 1.82) is 0 Å². The summed E-state index contributed by atoms with van der Waals surface area (Å²) >= 11 is 1.55. The Bertz CT molecular complexity index is 1200. The average Bonchev–Trinajstić information content (AvgIpc) is 3.52. The number of hydrogen-bond acceptors (Lipinski definition) is 6. The molecule has 0 fully saturated rings. The van der Waals surface area contributed by atoms with Crippen LogP contribution in [-0.2, 0) is 5.75 Å². The molecule has 1 atom stereocenters. The van der Waals surface area contributed by atoms with Gasteiger partial charge in [0, 0.05) is 17.4 Å². The maximum Gasteiger partial charge on any atom is 0.251 e. The molecule has 7 nitrogen and oxygen atoms in total. The average molecular weight is 463 g/mol. The lowest BCUT2D eigenvalue weighted by atomic mass is 10.1. The molecule has 2 heterocycles. The van der Waals surface area contributed by atoms with Gasteiger partial charge in [-0.3, -0.25) is 9.36 Å². The second-order valence-electron chi connectivity index (χ2n) is 7.56. The normalized spacial score (nSPS) is 11.8. The third-order valence-electron chi connectivity index (χ3n) is 5.27. The number of hydrogen-bond donors (Lipinski definition) is 1. The minimum absolute atomic E-state index is 0.0532. The Hall–Kier alpha value is -3.52. The minimum Gasteiger partial charge on any atom is -0.495 e. The molecule has 0 aliphatic carbocycles. The van der Waals surface area contributed by atoms with E-state index in [1.165, 1.54) is 0 Å². The third kappa shape index (κ3) is 5.12. The Morgan fingerprint density at radius 2 is 1.91 bits per heavy atom. The summed E-state index contributed by atoms with van der Waals surface area (Å²) in [5, 5.41) is 12.5. The minimum atomic E-state index is -0.0532. The molecule has 0 aliphatic heterocycles. The first kappa shape index (κ1) is 22.7. The second-order valence-corrected chi connectivity index (χ2v) is 8.50. The lowest BCUT2D eigenvalue weighted by molar-refractivity contribution is 0.0939. The van der Waals surface area contributed by atoms with Crippen molar-refractivity contribution < 1.29 is 13.9 Å². The number of rotatable bonds is 9. The van der Waals surface area contributed by atoms with E-state index < -0.39 is 0 Å². The smallest absolute Gasteiger partial charge is 0.251 e. The van der Waals surface area contributed by atoms with E-state index in [0.717, 1.165) is 17.7 Å². The summed E-state index contributed by atoms with van der Waals surface area (Å²) in [5.41, 5.74) is 2.56. The summed E-state index contributed by atoms with van der Waals surface area (Å²) in [6.45, 7) is 4.05. The SMILES string of the molecule is CC[C@@H](C)NC(=O)c1ccc(CSc2nnc(-c3ccco3)n2-c2ccccc2OC)cc1. The number of methoxy groups -OCH3 is 1. The number of nitrogens with zero attached hydrogens (tertiary/aromatic N) is 3. The fourth-order valence-corrected chi connectivity index (χ4v) is 4.17. The topological polar surface area (TPSA) is 82.2 Å². The Balaban J connectivity index is 1.57. The summed E-state index contributed by atoms with van der Waals surface area (Å²) in [5.74, 6) is 2.55. The molecule has 2 aromatic heterocycles. The van der Waals surface area contributed by atoms with Crippen LogP contribution in [-0.4, -0.2) is 33.8 Å². The van der Waals surface area contributed by atoms with E-state index >= 15 is 0 Å². The zero-order valence-corrected chi connectivity index (χ0v) is 19.6. The van der Waals surface area contributed by atoms with Crippen LogP contribution in [0.5, 0.6) is 5.75 Å². The summed E-state index contributed by atoms with van der Waals surface area (Å²) in [6, 6.07) is 19.2. The molecule has 0 spiro atoms. The van der Waals surface area contributed by atoms with Crippen molar-refractivity contribution in [3.63, 3.8) is 0 Å². The van der Waals surface area contributed by atoms with E-state index in [1.807, 2.05) is 79.1 Å². The molecule has 8 heteroatoms. The highest BCUT2D eigenvalue weighted by atomic mass is 32.2. The van der Waals surface area contributed by atoms with Crippen LogP contribution in [0.4, 0.5) is 0 Å². The summed E-state index contributed by atoms with van der Waals surface area (Å²) < 4.78 is 13.1. The van der Waals surface area contributed by atoms with E-state index in [-0.39, 0.29) is 11.9 Å². The Morgan fingerprint density at radius 3 is 2.61 bits per heavy atom. The Morgan fingerprint density at radius 1 is 1.12 bits per heavy atom. The van der Waals surface area contributed by atoms with Gasteiger partial charge < -0.3 is 14.5 Å². The zero-order chi connectivity index (χ0) is 23.2. The van der Waals surface area contributed by atoms with Gasteiger partial charge in [-0.15, -0.1) is 10.2 Å². The van der Waals surface area contributed by atoms with Gasteiger partial charge in [0.05, 0.1) is 19.1 Å². The third-order valence-corrected chi connectivity index (χ3v) is 6.28. The number of ether oxygens (including phenoxy) is 1. The van der Waals surface area contributed by atoms with Gasteiger partial charge in [-0.2, -0.15) is 0 Å². The molecule has 4 rings (SSSR count). The molecule has 33 heavy (non-hydrogen) atoms. The van der Waals surface area contributed by atoms with Gasteiger partial charge in [0.25, 0.3) is 5.91 Å². The molecular formula is C25H26N4O3S. The molecule has 0 aliphatic rings. The lowest BCUT2D eigenvalue weighted by Gasteiger charge is -2.13. The molecule has 1 N–H and O–H groups in total. The van der Waals surface area contributed by atoms with Crippen molar-refractivity contribution >= 4 is 17.7 Å². The standard InChI is InChI=1S/C25H26N4O3S/c1-4-17(2)26-24(30)19-13-11-18(12-14-19)16-33-25-28-27-23(22-10-7-15-32-22)29(25)20-8-5-6-9-21(20)31-3/h5-15,17H,4,16H2,1-3H3,(H,26,30)/t17-/m1/s1. The van der Waals surface area contributed by atoms with E-state index in [9.17, 15) is 4.79 Å². The fourth-order valence-electron chi connectivity index (χ4n) is 3.27. The number of amides is 1. The molecule has 0 radical (unpaired) electrons. The maximum atomic E-state index is 12.3. The first-order chi connectivity index (χ1) is 16.1. The first-order valence-electron chi connectivity index (χ1n) is 10.8. The van der Waals surface area contributed by atoms with E-state index in [1.54, 1.807) is 25.1 Å². The number of aromatic nitrogens is 3. The van der Waals surface area contributed by atoms with Crippen molar-refractivity contribution in [3.8, 4) is 23.0 Å². The van der Waals surface area contributed by atoms with Crippen molar-refractivity contribution in [1.82, 2.24) is 20.1 Å². The lowest BCUT2D eigenvalue weighted by Crippen LogP contribution is -2.31. The second kappa shape index (κ2) is 10.4. The summed E-state index contributed by atoms with van der Waals surface area (Å²) in [6.07, 6.45) is 2.51. The van der Waals surface area contributed by atoms with Crippen LogP contribution < -0.4 is 10.1 Å². The fraction of sp³-hybridized carbons (Fsp3) is 0.240. The quantitative estimate of drug-likeness (QED) is 0.337. The van der Waals surface area contributed by atoms with Crippen LogP contribution >= 0.6 is 11.8 Å². The molecule has 2 aromatic carbocycles. The molecule has 0 saturated heterocycles. The van der Waals surface area contributed by atoms with Crippen LogP contribution in [0, 0.1) is 0 Å². The van der Waals surface area contributed by atoms with Gasteiger partial charge in [0.15, 0.2) is 10.9 Å². The highest BCUT2D eigenvalue weighted by Gasteiger charge is 2.20. The van der Waals surface area contributed by atoms with Crippen LogP contribution in [0.2, 0.25) is 0 Å². The van der Waals surface area contributed by atoms with Crippen LogP contribution in [0.1, 0.15) is 36.2 Å². The molecule has 170 valence electrons. The van der Waals surface area contributed by atoms with Crippen LogP contribution in [0.3, 0.4) is 0 Å². The first-order valence-corrected chi connectivity index (χ1v) is 11.7. The number of benzene rings is 2. The van der Waals surface area contributed by atoms with Gasteiger partial charge in [0.2, 0.25) is 5.82 Å². The van der Waals surface area contributed by atoms with Crippen molar-refractivity contribution in [2.75, 3.05) is 7.11 Å². The van der Waals surface area contributed by atoms with Gasteiger partial charge in [0.1, 0.15) is 5.75 Å². The van der Waals surface area contributed by atoms with Gasteiger partial charge in [-0.05, 0) is 55.3 Å². The highest BCUT2D eigenvalue weighted by molar-refractivity contribution is 7.98. The Kier molecular flexibility index (Phi) is 7.14. The molecule has 4 aromatic rings. The zero-order valence-electron chi connectivity index (χ0n) is 18.8. The van der Waals surface area contributed by atoms with Crippen LogP contribution in [0.15, 0.2) is 76.5 Å². The van der Waals surface area contributed by atoms with Gasteiger partial charge in [-0.1, -0.05) is 43.0 Å². The summed E-state index contributed by atoms with van der Waals surface area (Å²) in [7, 11) is 1.64. The number of carbonyl (C=O) groups excluding carboxylic acids is 1. The van der Waals surface area contributed by atoms with E-state index in [2.05, 4.69) is 15.5 Å².